The van der Waals surface area contributed by atoms with Crippen LogP contribution in [0.5, 0.6) is 5.75 Å². The zero-order chi connectivity index (χ0) is 28.5. The molecule has 4 heterocycles. The van der Waals surface area contributed by atoms with Gasteiger partial charge in [0.05, 0.1) is 17.4 Å². The summed E-state index contributed by atoms with van der Waals surface area (Å²) < 4.78 is 11.8. The van der Waals surface area contributed by atoms with E-state index in [0.29, 0.717) is 34.9 Å². The second-order valence-electron chi connectivity index (χ2n) is 11.9. The monoisotopic (exact) mass is 614 g/mol. The molecule has 42 heavy (non-hydrogen) atoms. The number of nitrogens with one attached hydrogen (secondary N) is 2. The van der Waals surface area contributed by atoms with Crippen LogP contribution < -0.4 is 10.1 Å². The van der Waals surface area contributed by atoms with Gasteiger partial charge < -0.3 is 34.4 Å². The van der Waals surface area contributed by atoms with Crippen molar-refractivity contribution in [2.75, 3.05) is 39.3 Å². The molecule has 10 heteroatoms. The van der Waals surface area contributed by atoms with Crippen molar-refractivity contribution in [1.29, 1.82) is 0 Å². The summed E-state index contributed by atoms with van der Waals surface area (Å²) in [6.45, 7) is 10.5. The maximum Gasteiger partial charge on any atom is 0.267 e. The Labute approximate surface area is 257 Å². The molecule has 2 fully saturated rings. The number of hydrogen-bond acceptors (Lipinski definition) is 6. The van der Waals surface area contributed by atoms with Gasteiger partial charge in [0.2, 0.25) is 0 Å². The number of aliphatic hydroxyl groups excluding tert-OH is 1. The number of aromatic amines is 1. The number of ether oxygens (including phenoxy) is 1. The van der Waals surface area contributed by atoms with E-state index in [1.807, 2.05) is 42.5 Å². The number of rotatable bonds is 8. The van der Waals surface area contributed by atoms with E-state index in [2.05, 4.69) is 33.9 Å². The Kier molecular flexibility index (Phi) is 9.70. The summed E-state index contributed by atoms with van der Waals surface area (Å²) in [5.74, 6) is 1.25. The van der Waals surface area contributed by atoms with Crippen LogP contribution in [0.2, 0.25) is 5.02 Å². The number of fused-ring (bicyclic) bond motifs is 2. The van der Waals surface area contributed by atoms with Gasteiger partial charge in [-0.3, -0.25) is 4.79 Å². The Morgan fingerprint density at radius 3 is 2.57 bits per heavy atom. The molecule has 3 atom stereocenters. The van der Waals surface area contributed by atoms with Gasteiger partial charge in [-0.25, -0.2) is 0 Å². The van der Waals surface area contributed by atoms with E-state index in [0.717, 1.165) is 79.5 Å². The van der Waals surface area contributed by atoms with Crippen LogP contribution in [0.15, 0.2) is 53.1 Å². The van der Waals surface area contributed by atoms with Gasteiger partial charge in [0.1, 0.15) is 23.6 Å². The number of piperidine rings is 2. The number of aliphatic hydroxyl groups is 1. The van der Waals surface area contributed by atoms with E-state index in [1.54, 1.807) is 6.26 Å². The number of likely N-dealkylation sites (tertiary alicyclic amines) is 2. The van der Waals surface area contributed by atoms with Crippen LogP contribution in [0.25, 0.3) is 21.9 Å². The third-order valence-corrected chi connectivity index (χ3v) is 9.11. The largest absolute Gasteiger partial charge is 0.488 e. The summed E-state index contributed by atoms with van der Waals surface area (Å²) in [6, 6.07) is 13.4. The van der Waals surface area contributed by atoms with Crippen molar-refractivity contribution in [2.45, 2.75) is 45.4 Å². The molecule has 2 aromatic carbocycles. The fourth-order valence-electron chi connectivity index (χ4n) is 6.44. The smallest absolute Gasteiger partial charge is 0.267 e. The van der Waals surface area contributed by atoms with Crippen molar-refractivity contribution >= 4 is 51.8 Å². The quantitative estimate of drug-likeness (QED) is 0.235. The predicted octanol–water partition coefficient (Wildman–Crippen LogP) is 5.71. The zero-order valence-corrected chi connectivity index (χ0v) is 25.7. The van der Waals surface area contributed by atoms with E-state index in [4.69, 9.17) is 20.8 Å². The standard InChI is InChI=1S/C32H39ClN4O4.ClH/c1-20-16-37(17-21(2)31(20)38)14-13-36-11-9-23(10-12-36)34-32(39)27-15-24-26(35-27)6-4-7-28(24)40-18-22-19-41-29-8-3-5-25(33)30(22)29;/h3-8,15,19-21,23,31,35,38H,9-14,16-18H2,1-2H3,(H,34,39);1H/t20-,21+,31?;. The summed E-state index contributed by atoms with van der Waals surface area (Å²) >= 11 is 6.39. The number of nitrogens with zero attached hydrogens (tertiary/aromatic N) is 2. The molecular formula is C32H40Cl2N4O4. The molecular weight excluding hydrogens is 575 g/mol. The summed E-state index contributed by atoms with van der Waals surface area (Å²) in [6.07, 6.45) is 3.36. The Hall–Kier alpha value is -2.75. The van der Waals surface area contributed by atoms with Crippen molar-refractivity contribution in [3.05, 3.63) is 65.0 Å². The highest BCUT2D eigenvalue weighted by atomic mass is 35.5. The highest BCUT2D eigenvalue weighted by Gasteiger charge is 2.30. The van der Waals surface area contributed by atoms with Gasteiger partial charge in [-0.1, -0.05) is 37.6 Å². The maximum atomic E-state index is 13.2. The van der Waals surface area contributed by atoms with Crippen LogP contribution in [0.1, 0.15) is 42.7 Å². The van der Waals surface area contributed by atoms with Crippen molar-refractivity contribution in [1.82, 2.24) is 20.1 Å². The molecule has 1 amide bonds. The molecule has 3 N–H and O–H groups in total. The molecule has 2 aliphatic rings. The molecule has 0 aliphatic carbocycles. The molecule has 6 rings (SSSR count). The first-order valence-corrected chi connectivity index (χ1v) is 15.1. The van der Waals surface area contributed by atoms with Gasteiger partial charge in [-0.05, 0) is 55.0 Å². The Morgan fingerprint density at radius 2 is 1.81 bits per heavy atom. The van der Waals surface area contributed by atoms with E-state index < -0.39 is 0 Å². The van der Waals surface area contributed by atoms with Gasteiger partial charge in [-0.15, -0.1) is 12.4 Å². The number of carbonyl (C=O) groups is 1. The lowest BCUT2D eigenvalue weighted by Crippen LogP contribution is -2.50. The molecule has 4 aromatic rings. The van der Waals surface area contributed by atoms with E-state index in [1.165, 1.54) is 0 Å². The molecule has 2 saturated heterocycles. The van der Waals surface area contributed by atoms with Gasteiger partial charge in [0.15, 0.2) is 0 Å². The molecule has 8 nitrogen and oxygen atoms in total. The molecule has 2 aromatic heterocycles. The number of carbonyl (C=O) groups excluding carboxylic acids is 1. The minimum Gasteiger partial charge on any atom is -0.488 e. The molecule has 0 saturated carbocycles. The summed E-state index contributed by atoms with van der Waals surface area (Å²) in [4.78, 5) is 21.4. The van der Waals surface area contributed by atoms with Crippen LogP contribution in [0.4, 0.5) is 0 Å². The fourth-order valence-corrected chi connectivity index (χ4v) is 6.73. The first kappa shape index (κ1) is 30.7. The van der Waals surface area contributed by atoms with Crippen molar-refractivity contribution < 1.29 is 19.1 Å². The van der Waals surface area contributed by atoms with Crippen molar-refractivity contribution in [3.63, 3.8) is 0 Å². The van der Waals surface area contributed by atoms with Crippen molar-refractivity contribution in [3.8, 4) is 5.75 Å². The van der Waals surface area contributed by atoms with Crippen LogP contribution in [-0.4, -0.2) is 77.2 Å². The van der Waals surface area contributed by atoms with E-state index in [9.17, 15) is 9.90 Å². The second-order valence-corrected chi connectivity index (χ2v) is 12.3. The Morgan fingerprint density at radius 1 is 1.10 bits per heavy atom. The third kappa shape index (κ3) is 6.58. The van der Waals surface area contributed by atoms with Crippen LogP contribution in [0.3, 0.4) is 0 Å². The molecule has 1 unspecified atom stereocenters. The number of halogens is 2. The second kappa shape index (κ2) is 13.3. The fraction of sp³-hybridized carbons (Fsp3) is 0.469. The molecule has 0 radical (unpaired) electrons. The minimum atomic E-state index is -0.190. The van der Waals surface area contributed by atoms with Crippen LogP contribution >= 0.6 is 24.0 Å². The number of benzene rings is 2. The lowest BCUT2D eigenvalue weighted by molar-refractivity contribution is -0.0109. The number of amides is 1. The number of furan rings is 1. The van der Waals surface area contributed by atoms with Gasteiger partial charge in [-0.2, -0.15) is 0 Å². The van der Waals surface area contributed by atoms with Gasteiger partial charge >= 0.3 is 0 Å². The van der Waals surface area contributed by atoms with Crippen LogP contribution in [0, 0.1) is 11.8 Å². The van der Waals surface area contributed by atoms with E-state index >= 15 is 0 Å². The summed E-state index contributed by atoms with van der Waals surface area (Å²) in [5, 5.41) is 15.8. The first-order chi connectivity index (χ1) is 19.9. The number of H-pyrrole nitrogens is 1. The van der Waals surface area contributed by atoms with E-state index in [-0.39, 0.29) is 30.5 Å². The molecule has 0 bridgehead atoms. The minimum absolute atomic E-state index is 0. The topological polar surface area (TPSA) is 94.0 Å². The van der Waals surface area contributed by atoms with Crippen LogP contribution in [-0.2, 0) is 6.61 Å². The lowest BCUT2D eigenvalue weighted by atomic mass is 9.88. The highest BCUT2D eigenvalue weighted by Crippen LogP contribution is 2.32. The highest BCUT2D eigenvalue weighted by molar-refractivity contribution is 6.35. The predicted molar refractivity (Wildman–Crippen MR) is 169 cm³/mol. The summed E-state index contributed by atoms with van der Waals surface area (Å²) in [5.41, 5.74) is 2.99. The molecule has 2 aliphatic heterocycles. The summed E-state index contributed by atoms with van der Waals surface area (Å²) in [7, 11) is 0. The average molecular weight is 616 g/mol. The van der Waals surface area contributed by atoms with Gasteiger partial charge in [0.25, 0.3) is 5.91 Å². The lowest BCUT2D eigenvalue weighted by Gasteiger charge is -2.40. The molecule has 0 spiro atoms. The maximum absolute atomic E-state index is 13.2. The normalized spacial score (nSPS) is 22.3. The SMILES string of the molecule is C[C@@H]1CN(CCN2CCC(NC(=O)c3cc4c(OCc5coc6cccc(Cl)c56)cccc4[nH]3)CC2)C[C@H](C)C1O.Cl. The molecule has 226 valence electrons. The Bertz CT molecular complexity index is 1500. The third-order valence-electron chi connectivity index (χ3n) is 8.79. The average Bonchev–Trinajstić information content (AvgIpc) is 3.60. The van der Waals surface area contributed by atoms with Crippen molar-refractivity contribution in [2.24, 2.45) is 11.8 Å². The Balaban J connectivity index is 0.00000353. The van der Waals surface area contributed by atoms with Gasteiger partial charge in [0, 0.05) is 67.2 Å². The number of aromatic nitrogens is 1. The zero-order valence-electron chi connectivity index (χ0n) is 24.1. The first-order valence-electron chi connectivity index (χ1n) is 14.7. The number of hydrogen-bond donors (Lipinski definition) is 3.